The molecule has 0 radical (unpaired) electrons. The number of piperazine rings is 1. The highest BCUT2D eigenvalue weighted by Crippen LogP contribution is 2.56. The number of methoxy groups -OCH3 is 1. The largest absolute Gasteiger partial charge is 0.497 e. The van der Waals surface area contributed by atoms with Crippen molar-refractivity contribution in [3.05, 3.63) is 65.7 Å². The van der Waals surface area contributed by atoms with Crippen LogP contribution in [0.2, 0.25) is 0 Å². The van der Waals surface area contributed by atoms with Gasteiger partial charge in [-0.25, -0.2) is 0 Å². The maximum absolute atomic E-state index is 14.0. The molecule has 8 heteroatoms. The molecule has 3 saturated heterocycles. The van der Waals surface area contributed by atoms with Crippen LogP contribution in [0.15, 0.2) is 54.6 Å². The Bertz CT molecular complexity index is 1160. The first kappa shape index (κ1) is 22.1. The molecule has 176 valence electrons. The number of hydrogen-bond acceptors (Lipinski definition) is 5. The fourth-order valence-electron chi connectivity index (χ4n) is 5.94. The predicted molar refractivity (Wildman–Crippen MR) is 122 cm³/mol. The Morgan fingerprint density at radius 1 is 0.971 bits per heavy atom. The number of nitrogens with zero attached hydrogens (tertiary/aromatic N) is 3. The number of imide groups is 1. The number of benzene rings is 2. The van der Waals surface area contributed by atoms with Crippen LogP contribution in [0.3, 0.4) is 0 Å². The standard InChI is InChI=1S/C26H27N3O5/c1-4-28-23(31)20-21(24(28)32)26(2)25(33)27(14-16-8-6-5-7-9-16)15-19(30)29(26)22(20)17-10-12-18(34-3)13-11-17/h5-13,20-22H,4,14-15H2,1-3H3/t20-,21-,22-,26-/m1/s1. The highest BCUT2D eigenvalue weighted by Gasteiger charge is 2.72. The molecule has 3 aliphatic rings. The van der Waals surface area contributed by atoms with Gasteiger partial charge in [-0.05, 0) is 37.1 Å². The van der Waals surface area contributed by atoms with E-state index in [2.05, 4.69) is 0 Å². The van der Waals surface area contributed by atoms with Gasteiger partial charge in [-0.1, -0.05) is 42.5 Å². The van der Waals surface area contributed by atoms with Gasteiger partial charge in [-0.3, -0.25) is 24.1 Å². The van der Waals surface area contributed by atoms with Crippen LogP contribution in [-0.4, -0.2) is 64.1 Å². The van der Waals surface area contributed by atoms with E-state index in [0.717, 1.165) is 5.56 Å². The Balaban J connectivity index is 1.61. The van der Waals surface area contributed by atoms with Gasteiger partial charge in [-0.2, -0.15) is 0 Å². The zero-order valence-corrected chi connectivity index (χ0v) is 19.4. The minimum Gasteiger partial charge on any atom is -0.497 e. The summed E-state index contributed by atoms with van der Waals surface area (Å²) >= 11 is 0. The minimum absolute atomic E-state index is 0.102. The average Bonchev–Trinajstić information content (AvgIpc) is 3.28. The molecule has 0 N–H and O–H groups in total. The summed E-state index contributed by atoms with van der Waals surface area (Å²) in [6.45, 7) is 3.78. The second kappa shape index (κ2) is 7.97. The van der Waals surface area contributed by atoms with E-state index in [0.29, 0.717) is 11.3 Å². The average molecular weight is 462 g/mol. The monoisotopic (exact) mass is 461 g/mol. The molecule has 3 aliphatic heterocycles. The van der Waals surface area contributed by atoms with E-state index in [1.165, 1.54) is 14.7 Å². The molecule has 0 aromatic heterocycles. The summed E-state index contributed by atoms with van der Waals surface area (Å²) in [6, 6.07) is 15.8. The van der Waals surface area contributed by atoms with Gasteiger partial charge in [0.25, 0.3) is 0 Å². The zero-order chi connectivity index (χ0) is 24.2. The fraction of sp³-hybridized carbons (Fsp3) is 0.385. The third kappa shape index (κ3) is 2.97. The molecule has 2 aromatic carbocycles. The number of carbonyl (C=O) groups excluding carboxylic acids is 4. The van der Waals surface area contributed by atoms with Gasteiger partial charge in [0.2, 0.25) is 23.6 Å². The van der Waals surface area contributed by atoms with Crippen LogP contribution in [0.4, 0.5) is 0 Å². The third-order valence-corrected chi connectivity index (χ3v) is 7.47. The first-order valence-corrected chi connectivity index (χ1v) is 11.5. The van der Waals surface area contributed by atoms with Gasteiger partial charge in [0, 0.05) is 13.1 Å². The Kier molecular flexibility index (Phi) is 5.19. The number of hydrogen-bond donors (Lipinski definition) is 0. The molecular formula is C26H27N3O5. The van der Waals surface area contributed by atoms with Crippen LogP contribution in [-0.2, 0) is 25.7 Å². The first-order chi connectivity index (χ1) is 16.3. The lowest BCUT2D eigenvalue weighted by Gasteiger charge is -2.47. The van der Waals surface area contributed by atoms with Crippen molar-refractivity contribution in [1.82, 2.24) is 14.7 Å². The Labute approximate surface area is 198 Å². The van der Waals surface area contributed by atoms with Crippen molar-refractivity contribution in [1.29, 1.82) is 0 Å². The zero-order valence-electron chi connectivity index (χ0n) is 19.4. The van der Waals surface area contributed by atoms with Crippen LogP contribution < -0.4 is 4.74 Å². The summed E-state index contributed by atoms with van der Waals surface area (Å²) in [5.74, 6) is -2.39. The lowest BCUT2D eigenvalue weighted by atomic mass is 9.79. The summed E-state index contributed by atoms with van der Waals surface area (Å²) < 4.78 is 5.26. The Morgan fingerprint density at radius 3 is 2.26 bits per heavy atom. The molecule has 8 nitrogen and oxygen atoms in total. The van der Waals surface area contributed by atoms with E-state index in [1.807, 2.05) is 30.3 Å². The second-order valence-corrected chi connectivity index (χ2v) is 9.20. The molecule has 3 heterocycles. The maximum Gasteiger partial charge on any atom is 0.249 e. The number of amides is 4. The SMILES string of the molecule is CCN1C(=O)[C@H]2[C@@H](c3ccc(OC)cc3)N3C(=O)CN(Cc4ccccc4)C(=O)[C@@]3(C)[C@H]2C1=O. The van der Waals surface area contributed by atoms with Crippen molar-refractivity contribution in [2.75, 3.05) is 20.2 Å². The second-order valence-electron chi connectivity index (χ2n) is 9.20. The van der Waals surface area contributed by atoms with E-state index in [4.69, 9.17) is 4.74 Å². The molecule has 4 amide bonds. The van der Waals surface area contributed by atoms with E-state index in [-0.39, 0.29) is 43.3 Å². The van der Waals surface area contributed by atoms with Crippen LogP contribution in [0, 0.1) is 11.8 Å². The van der Waals surface area contributed by atoms with Crippen LogP contribution >= 0.6 is 0 Å². The molecule has 0 aliphatic carbocycles. The summed E-state index contributed by atoms with van der Waals surface area (Å²) in [5.41, 5.74) is 0.151. The molecule has 3 fully saturated rings. The third-order valence-electron chi connectivity index (χ3n) is 7.47. The number of rotatable bonds is 5. The summed E-state index contributed by atoms with van der Waals surface area (Å²) in [7, 11) is 1.56. The van der Waals surface area contributed by atoms with Gasteiger partial charge in [0.1, 0.15) is 17.8 Å². The summed E-state index contributed by atoms with van der Waals surface area (Å²) in [5, 5.41) is 0. The number of carbonyl (C=O) groups is 4. The van der Waals surface area contributed by atoms with Gasteiger partial charge < -0.3 is 14.5 Å². The predicted octanol–water partition coefficient (Wildman–Crippen LogP) is 2.00. The smallest absolute Gasteiger partial charge is 0.249 e. The topological polar surface area (TPSA) is 87.2 Å². The fourth-order valence-corrected chi connectivity index (χ4v) is 5.94. The molecule has 2 aromatic rings. The molecule has 34 heavy (non-hydrogen) atoms. The van der Waals surface area contributed by atoms with Crippen LogP contribution in [0.5, 0.6) is 5.75 Å². The quantitative estimate of drug-likeness (QED) is 0.636. The van der Waals surface area contributed by atoms with Crippen molar-refractivity contribution in [2.24, 2.45) is 11.8 Å². The van der Waals surface area contributed by atoms with E-state index in [1.54, 1.807) is 45.2 Å². The molecule has 0 saturated carbocycles. The van der Waals surface area contributed by atoms with Crippen molar-refractivity contribution in [3.8, 4) is 5.75 Å². The van der Waals surface area contributed by atoms with E-state index >= 15 is 0 Å². The summed E-state index contributed by atoms with van der Waals surface area (Å²) in [6.07, 6.45) is 0. The van der Waals surface area contributed by atoms with Crippen molar-refractivity contribution >= 4 is 23.6 Å². The van der Waals surface area contributed by atoms with E-state index < -0.39 is 23.4 Å². The van der Waals surface area contributed by atoms with Crippen molar-refractivity contribution in [2.45, 2.75) is 32.0 Å². The molecule has 0 unspecified atom stereocenters. The number of ether oxygens (including phenoxy) is 1. The molecule has 4 atom stereocenters. The van der Waals surface area contributed by atoms with Crippen molar-refractivity contribution in [3.63, 3.8) is 0 Å². The molecular weight excluding hydrogens is 434 g/mol. The van der Waals surface area contributed by atoms with Crippen LogP contribution in [0.25, 0.3) is 0 Å². The summed E-state index contributed by atoms with van der Waals surface area (Å²) in [4.78, 5) is 58.7. The minimum atomic E-state index is -1.45. The molecule has 0 bridgehead atoms. The highest BCUT2D eigenvalue weighted by atomic mass is 16.5. The van der Waals surface area contributed by atoms with Crippen LogP contribution in [0.1, 0.15) is 31.0 Å². The van der Waals surface area contributed by atoms with E-state index in [9.17, 15) is 19.2 Å². The van der Waals surface area contributed by atoms with Gasteiger partial charge >= 0.3 is 0 Å². The van der Waals surface area contributed by atoms with Crippen molar-refractivity contribution < 1.29 is 23.9 Å². The number of likely N-dealkylation sites (tertiary alicyclic amines) is 1. The molecule has 5 rings (SSSR count). The van der Waals surface area contributed by atoms with Gasteiger partial charge in [0.15, 0.2) is 0 Å². The normalized spacial score (nSPS) is 28.4. The Morgan fingerprint density at radius 2 is 1.65 bits per heavy atom. The van der Waals surface area contributed by atoms with Gasteiger partial charge in [-0.15, -0.1) is 0 Å². The first-order valence-electron chi connectivity index (χ1n) is 11.5. The van der Waals surface area contributed by atoms with Gasteiger partial charge in [0.05, 0.1) is 25.0 Å². The highest BCUT2D eigenvalue weighted by molar-refractivity contribution is 6.12. The molecule has 0 spiro atoms. The maximum atomic E-state index is 14.0. The Hall–Kier alpha value is -3.68. The lowest BCUT2D eigenvalue weighted by Crippen LogP contribution is -2.67. The lowest BCUT2D eigenvalue weighted by molar-refractivity contribution is -0.168. The number of fused-ring (bicyclic) bond motifs is 3.